The predicted octanol–water partition coefficient (Wildman–Crippen LogP) is 2.83. The molecule has 198 valence electrons. The van der Waals surface area contributed by atoms with Crippen LogP contribution in [0, 0.1) is 0 Å². The van der Waals surface area contributed by atoms with Gasteiger partial charge in [-0.2, -0.15) is 0 Å². The zero-order chi connectivity index (χ0) is 26.9. The highest BCUT2D eigenvalue weighted by atomic mass is 16.7. The van der Waals surface area contributed by atoms with Crippen LogP contribution in [0.1, 0.15) is 31.1 Å². The topological polar surface area (TPSA) is 112 Å². The summed E-state index contributed by atoms with van der Waals surface area (Å²) in [6, 6.07) is 25.1. The lowest BCUT2D eigenvalue weighted by molar-refractivity contribution is -0.257. The normalized spacial score (nSPS) is 22.7. The van der Waals surface area contributed by atoms with Crippen LogP contribution in [0.5, 0.6) is 0 Å². The molecular weight excluding hydrogens is 488 g/mol. The average Bonchev–Trinajstić information content (AvgIpc) is 2.97. The summed E-state index contributed by atoms with van der Waals surface area (Å²) in [7, 11) is 2.89. The molecule has 9 nitrogen and oxygen atoms in total. The van der Waals surface area contributed by atoms with Gasteiger partial charge in [0.2, 0.25) is 0 Å². The molecule has 0 bridgehead atoms. The van der Waals surface area contributed by atoms with Gasteiger partial charge in [-0.3, -0.25) is 9.59 Å². The van der Waals surface area contributed by atoms with Crippen molar-refractivity contribution in [1.29, 1.82) is 0 Å². The number of hydrogen-bond donors (Lipinski definition) is 2. The Labute approximate surface area is 221 Å². The number of esters is 1. The van der Waals surface area contributed by atoms with Gasteiger partial charge in [0.15, 0.2) is 12.4 Å². The summed E-state index contributed by atoms with van der Waals surface area (Å²) in [5, 5.41) is 5.73. The summed E-state index contributed by atoms with van der Waals surface area (Å²) in [5.74, 6) is -1.28. The van der Waals surface area contributed by atoms with Gasteiger partial charge in [-0.25, -0.2) is 4.79 Å². The number of amides is 2. The standard InChI is InChI=1S/C29H30N2O7/c1-35-25-23(31-27(33)20-14-8-4-9-15-20)29(36-2)37-22(18-30-26(32)19-12-6-3-7-13-19)24(25)38-28(34)21-16-10-5-11-17-21/h3-17,22-25,29H,18H2,1-2H3,(H,30,32)(H,31,33)/t22-,23-,24+,25-,29-/m1/s1. The van der Waals surface area contributed by atoms with Crippen LogP contribution in [0.2, 0.25) is 0 Å². The summed E-state index contributed by atoms with van der Waals surface area (Å²) in [6.07, 6.45) is -3.63. The van der Waals surface area contributed by atoms with Gasteiger partial charge < -0.3 is 29.6 Å². The van der Waals surface area contributed by atoms with E-state index >= 15 is 0 Å². The third kappa shape index (κ3) is 6.44. The molecule has 0 aliphatic carbocycles. The van der Waals surface area contributed by atoms with Crippen molar-refractivity contribution in [3.8, 4) is 0 Å². The van der Waals surface area contributed by atoms with Crippen LogP contribution >= 0.6 is 0 Å². The first kappa shape index (κ1) is 27.0. The molecule has 3 aromatic rings. The fraction of sp³-hybridized carbons (Fsp3) is 0.276. The van der Waals surface area contributed by atoms with Gasteiger partial charge in [-0.05, 0) is 36.4 Å². The number of nitrogens with one attached hydrogen (secondary N) is 2. The number of carbonyl (C=O) groups is 3. The van der Waals surface area contributed by atoms with E-state index in [-0.39, 0.29) is 18.4 Å². The first-order chi connectivity index (χ1) is 18.5. The molecule has 1 saturated heterocycles. The second kappa shape index (κ2) is 13.0. The third-order valence-corrected chi connectivity index (χ3v) is 6.24. The van der Waals surface area contributed by atoms with Gasteiger partial charge in [0.1, 0.15) is 18.2 Å². The molecule has 0 aromatic heterocycles. The predicted molar refractivity (Wildman–Crippen MR) is 139 cm³/mol. The second-order valence-electron chi connectivity index (χ2n) is 8.66. The van der Waals surface area contributed by atoms with Crippen molar-refractivity contribution >= 4 is 17.8 Å². The minimum Gasteiger partial charge on any atom is -0.453 e. The maximum atomic E-state index is 13.0. The first-order valence-electron chi connectivity index (χ1n) is 12.2. The van der Waals surface area contributed by atoms with Gasteiger partial charge in [0.05, 0.1) is 5.56 Å². The Hall–Kier alpha value is -4.05. The van der Waals surface area contributed by atoms with E-state index in [1.54, 1.807) is 78.9 Å². The van der Waals surface area contributed by atoms with E-state index in [4.69, 9.17) is 18.9 Å². The maximum absolute atomic E-state index is 13.0. The van der Waals surface area contributed by atoms with Crippen molar-refractivity contribution in [2.45, 2.75) is 30.6 Å². The molecule has 1 aliphatic heterocycles. The Kier molecular flexibility index (Phi) is 9.21. The lowest BCUT2D eigenvalue weighted by atomic mass is 9.95. The zero-order valence-electron chi connectivity index (χ0n) is 21.1. The smallest absolute Gasteiger partial charge is 0.338 e. The molecule has 9 heteroatoms. The van der Waals surface area contributed by atoms with Gasteiger partial charge in [-0.15, -0.1) is 0 Å². The summed E-state index contributed by atoms with van der Waals surface area (Å²) in [6.45, 7) is -0.000461. The molecule has 1 fully saturated rings. The van der Waals surface area contributed by atoms with Gasteiger partial charge >= 0.3 is 5.97 Å². The van der Waals surface area contributed by atoms with Crippen LogP contribution in [0.4, 0.5) is 0 Å². The average molecular weight is 519 g/mol. The van der Waals surface area contributed by atoms with Crippen molar-refractivity contribution in [3.05, 3.63) is 108 Å². The highest BCUT2D eigenvalue weighted by Gasteiger charge is 2.49. The Bertz CT molecular complexity index is 1210. The fourth-order valence-electron chi connectivity index (χ4n) is 4.32. The Morgan fingerprint density at radius 1 is 0.711 bits per heavy atom. The fourth-order valence-corrected chi connectivity index (χ4v) is 4.32. The number of benzene rings is 3. The summed E-state index contributed by atoms with van der Waals surface area (Å²) in [5.41, 5.74) is 1.25. The molecule has 5 atom stereocenters. The van der Waals surface area contributed by atoms with Crippen molar-refractivity contribution in [2.75, 3.05) is 20.8 Å². The maximum Gasteiger partial charge on any atom is 0.338 e. The molecule has 0 spiro atoms. The number of methoxy groups -OCH3 is 2. The molecule has 38 heavy (non-hydrogen) atoms. The molecular formula is C29H30N2O7. The SMILES string of the molecule is CO[C@@H]1O[C@H](CNC(=O)c2ccccc2)[C@H](OC(=O)c2ccccc2)[C@H](OC)[C@H]1NC(=O)c1ccccc1. The van der Waals surface area contributed by atoms with Crippen molar-refractivity contribution in [3.63, 3.8) is 0 Å². The molecule has 1 aliphatic rings. The van der Waals surface area contributed by atoms with E-state index < -0.39 is 36.6 Å². The summed E-state index contributed by atoms with van der Waals surface area (Å²) >= 11 is 0. The Morgan fingerprint density at radius 3 is 1.76 bits per heavy atom. The minimum atomic E-state index is -0.990. The largest absolute Gasteiger partial charge is 0.453 e. The van der Waals surface area contributed by atoms with Crippen LogP contribution in [0.15, 0.2) is 91.0 Å². The molecule has 4 rings (SSSR count). The molecule has 2 N–H and O–H groups in total. The van der Waals surface area contributed by atoms with Crippen molar-refractivity contribution in [1.82, 2.24) is 10.6 Å². The van der Waals surface area contributed by atoms with Crippen LogP contribution in [0.25, 0.3) is 0 Å². The third-order valence-electron chi connectivity index (χ3n) is 6.24. The molecule has 3 aromatic carbocycles. The van der Waals surface area contributed by atoms with E-state index in [1.807, 2.05) is 12.1 Å². The monoisotopic (exact) mass is 518 g/mol. The lowest BCUT2D eigenvalue weighted by Gasteiger charge is -2.45. The van der Waals surface area contributed by atoms with Crippen molar-refractivity contribution in [2.24, 2.45) is 0 Å². The van der Waals surface area contributed by atoms with E-state index in [2.05, 4.69) is 10.6 Å². The van der Waals surface area contributed by atoms with Crippen LogP contribution < -0.4 is 10.6 Å². The number of rotatable bonds is 9. The van der Waals surface area contributed by atoms with Gasteiger partial charge in [0.25, 0.3) is 11.8 Å². The highest BCUT2D eigenvalue weighted by molar-refractivity contribution is 5.95. The van der Waals surface area contributed by atoms with Crippen LogP contribution in [-0.4, -0.2) is 69.2 Å². The lowest BCUT2D eigenvalue weighted by Crippen LogP contribution is -2.66. The molecule has 0 saturated carbocycles. The van der Waals surface area contributed by atoms with E-state index in [9.17, 15) is 14.4 Å². The molecule has 2 amide bonds. The first-order valence-corrected chi connectivity index (χ1v) is 12.2. The quantitative estimate of drug-likeness (QED) is 0.419. The highest BCUT2D eigenvalue weighted by Crippen LogP contribution is 2.27. The second-order valence-corrected chi connectivity index (χ2v) is 8.66. The van der Waals surface area contributed by atoms with Crippen LogP contribution in [-0.2, 0) is 18.9 Å². The van der Waals surface area contributed by atoms with E-state index in [0.717, 1.165) is 0 Å². The molecule has 0 unspecified atom stereocenters. The number of carbonyl (C=O) groups excluding carboxylic acids is 3. The number of ether oxygens (including phenoxy) is 4. The summed E-state index contributed by atoms with van der Waals surface area (Å²) in [4.78, 5) is 38.8. The zero-order valence-corrected chi connectivity index (χ0v) is 21.1. The van der Waals surface area contributed by atoms with Crippen molar-refractivity contribution < 1.29 is 33.3 Å². The summed E-state index contributed by atoms with van der Waals surface area (Å²) < 4.78 is 23.4. The van der Waals surface area contributed by atoms with Crippen LogP contribution in [0.3, 0.4) is 0 Å². The van der Waals surface area contributed by atoms with Gasteiger partial charge in [0, 0.05) is 31.9 Å². The number of hydrogen-bond acceptors (Lipinski definition) is 7. The molecule has 0 radical (unpaired) electrons. The Morgan fingerprint density at radius 2 is 1.24 bits per heavy atom. The van der Waals surface area contributed by atoms with E-state index in [1.165, 1.54) is 14.2 Å². The minimum absolute atomic E-state index is 0.000461. The molecule has 1 heterocycles. The van der Waals surface area contributed by atoms with E-state index in [0.29, 0.717) is 16.7 Å². The van der Waals surface area contributed by atoms with Gasteiger partial charge in [-0.1, -0.05) is 54.6 Å². The Balaban J connectivity index is 1.58.